The summed E-state index contributed by atoms with van der Waals surface area (Å²) in [7, 11) is 0. The lowest BCUT2D eigenvalue weighted by molar-refractivity contribution is -0.139. The van der Waals surface area contributed by atoms with Crippen LogP contribution in [0.15, 0.2) is 24.3 Å². The molecule has 4 heteroatoms. The number of hydrogen-bond donors (Lipinski definition) is 1. The Bertz CT molecular complexity index is 416. The number of benzene rings is 1. The van der Waals surface area contributed by atoms with Gasteiger partial charge in [0.2, 0.25) is 0 Å². The fraction of sp³-hybridized carbons (Fsp3) is 0.500. The van der Waals surface area contributed by atoms with E-state index in [-0.39, 0.29) is 12.2 Å². The minimum atomic E-state index is -0.805. The zero-order valence-corrected chi connectivity index (χ0v) is 11.1. The Morgan fingerprint density at radius 1 is 1.44 bits per heavy atom. The van der Waals surface area contributed by atoms with Crippen LogP contribution in [0.1, 0.15) is 37.7 Å². The van der Waals surface area contributed by atoms with Crippen molar-refractivity contribution in [1.82, 2.24) is 0 Å². The first kappa shape index (κ1) is 13.4. The van der Waals surface area contributed by atoms with Crippen molar-refractivity contribution in [2.45, 2.75) is 44.3 Å². The van der Waals surface area contributed by atoms with Crippen molar-refractivity contribution in [3.63, 3.8) is 0 Å². The second-order valence-electron chi connectivity index (χ2n) is 4.82. The normalized spacial score (nSPS) is 25.0. The van der Waals surface area contributed by atoms with Crippen LogP contribution in [-0.2, 0) is 9.53 Å². The monoisotopic (exact) mass is 268 g/mol. The molecule has 1 saturated heterocycles. The summed E-state index contributed by atoms with van der Waals surface area (Å²) in [4.78, 5) is 11.4. The van der Waals surface area contributed by atoms with Crippen molar-refractivity contribution in [2.75, 3.05) is 0 Å². The van der Waals surface area contributed by atoms with E-state index >= 15 is 0 Å². The topological polar surface area (TPSA) is 46.5 Å². The minimum Gasteiger partial charge on any atom is -0.481 e. The fourth-order valence-corrected chi connectivity index (χ4v) is 2.52. The maximum absolute atomic E-state index is 11.4. The molecule has 1 heterocycles. The van der Waals surface area contributed by atoms with Gasteiger partial charge in [-0.05, 0) is 43.9 Å². The molecule has 0 radical (unpaired) electrons. The van der Waals surface area contributed by atoms with Gasteiger partial charge in [-0.1, -0.05) is 23.7 Å². The van der Waals surface area contributed by atoms with Crippen LogP contribution in [0.3, 0.4) is 0 Å². The van der Waals surface area contributed by atoms with Gasteiger partial charge >= 0.3 is 5.97 Å². The average molecular weight is 269 g/mol. The van der Waals surface area contributed by atoms with Gasteiger partial charge in [0.15, 0.2) is 0 Å². The van der Waals surface area contributed by atoms with Crippen LogP contribution in [0.5, 0.6) is 0 Å². The number of hydrogen-bond acceptors (Lipinski definition) is 2. The number of carboxylic acid groups (broad SMARTS) is 1. The fourth-order valence-electron chi connectivity index (χ4n) is 2.40. The molecule has 1 fully saturated rings. The Balaban J connectivity index is 2.08. The highest BCUT2D eigenvalue weighted by Gasteiger charge is 2.29. The molecule has 3 atom stereocenters. The lowest BCUT2D eigenvalue weighted by atomic mass is 9.92. The first-order valence-corrected chi connectivity index (χ1v) is 6.58. The molecular formula is C14H17ClO3. The third-order valence-electron chi connectivity index (χ3n) is 3.39. The zero-order valence-electron chi connectivity index (χ0n) is 10.3. The van der Waals surface area contributed by atoms with Crippen LogP contribution in [0, 0.1) is 0 Å². The van der Waals surface area contributed by atoms with Gasteiger partial charge in [0.05, 0.1) is 18.1 Å². The van der Waals surface area contributed by atoms with Gasteiger partial charge in [0.25, 0.3) is 0 Å². The van der Waals surface area contributed by atoms with Crippen LogP contribution in [0.4, 0.5) is 0 Å². The van der Waals surface area contributed by atoms with E-state index in [1.54, 1.807) is 24.3 Å². The summed E-state index contributed by atoms with van der Waals surface area (Å²) >= 11 is 5.81. The molecule has 98 valence electrons. The SMILES string of the molecule is CC1CCC(CC(C(=O)O)c2ccc(Cl)cc2)O1. The highest BCUT2D eigenvalue weighted by atomic mass is 35.5. The van der Waals surface area contributed by atoms with Crippen LogP contribution < -0.4 is 0 Å². The highest BCUT2D eigenvalue weighted by Crippen LogP contribution is 2.30. The molecular weight excluding hydrogens is 252 g/mol. The van der Waals surface area contributed by atoms with E-state index in [1.165, 1.54) is 0 Å². The standard InChI is InChI=1S/C14H17ClO3/c1-9-2-7-12(18-9)8-13(14(16)17)10-3-5-11(15)6-4-10/h3-6,9,12-13H,2,7-8H2,1H3,(H,16,17). The molecule has 1 aromatic rings. The van der Waals surface area contributed by atoms with E-state index < -0.39 is 11.9 Å². The largest absolute Gasteiger partial charge is 0.481 e. The molecule has 18 heavy (non-hydrogen) atoms. The predicted molar refractivity (Wildman–Crippen MR) is 70.0 cm³/mol. The average Bonchev–Trinajstić information content (AvgIpc) is 2.73. The molecule has 1 aromatic carbocycles. The Morgan fingerprint density at radius 2 is 2.11 bits per heavy atom. The maximum Gasteiger partial charge on any atom is 0.311 e. The Kier molecular flexibility index (Phi) is 4.25. The van der Waals surface area contributed by atoms with E-state index in [9.17, 15) is 9.90 Å². The molecule has 1 N–H and O–H groups in total. The van der Waals surface area contributed by atoms with Crippen molar-refractivity contribution in [2.24, 2.45) is 0 Å². The predicted octanol–water partition coefficient (Wildman–Crippen LogP) is 3.47. The summed E-state index contributed by atoms with van der Waals surface area (Å²) in [6.45, 7) is 2.03. The molecule has 1 aliphatic rings. The van der Waals surface area contributed by atoms with Gasteiger partial charge in [0.1, 0.15) is 0 Å². The van der Waals surface area contributed by atoms with Gasteiger partial charge in [-0.15, -0.1) is 0 Å². The first-order chi connectivity index (χ1) is 8.56. The van der Waals surface area contributed by atoms with Crippen molar-refractivity contribution in [1.29, 1.82) is 0 Å². The second-order valence-corrected chi connectivity index (χ2v) is 5.26. The second kappa shape index (κ2) is 5.72. The molecule has 0 bridgehead atoms. The highest BCUT2D eigenvalue weighted by molar-refractivity contribution is 6.30. The number of halogens is 1. The number of carboxylic acids is 1. The molecule has 2 rings (SSSR count). The molecule has 3 nitrogen and oxygen atoms in total. The maximum atomic E-state index is 11.4. The third-order valence-corrected chi connectivity index (χ3v) is 3.64. The first-order valence-electron chi connectivity index (χ1n) is 6.20. The number of aliphatic carboxylic acids is 1. The quantitative estimate of drug-likeness (QED) is 0.910. The van der Waals surface area contributed by atoms with E-state index in [0.29, 0.717) is 11.4 Å². The molecule has 0 spiro atoms. The van der Waals surface area contributed by atoms with Gasteiger partial charge in [0, 0.05) is 5.02 Å². The summed E-state index contributed by atoms with van der Waals surface area (Å²) in [6.07, 6.45) is 2.78. The molecule has 0 aliphatic carbocycles. The summed E-state index contributed by atoms with van der Waals surface area (Å²) < 4.78 is 5.70. The lowest BCUT2D eigenvalue weighted by Gasteiger charge is -2.17. The van der Waals surface area contributed by atoms with Crippen molar-refractivity contribution >= 4 is 17.6 Å². The summed E-state index contributed by atoms with van der Waals surface area (Å²) in [5.41, 5.74) is 0.787. The van der Waals surface area contributed by atoms with E-state index in [2.05, 4.69) is 0 Å². The number of ether oxygens (including phenoxy) is 1. The van der Waals surface area contributed by atoms with Gasteiger partial charge in [-0.3, -0.25) is 4.79 Å². The van der Waals surface area contributed by atoms with Crippen molar-refractivity contribution < 1.29 is 14.6 Å². The lowest BCUT2D eigenvalue weighted by Crippen LogP contribution is -2.19. The van der Waals surface area contributed by atoms with Crippen LogP contribution in [0.25, 0.3) is 0 Å². The Hall–Kier alpha value is -1.06. The Labute approximate surface area is 112 Å². The molecule has 0 amide bonds. The van der Waals surface area contributed by atoms with Crippen LogP contribution in [0.2, 0.25) is 5.02 Å². The minimum absolute atomic E-state index is 0.0526. The van der Waals surface area contributed by atoms with E-state index in [1.807, 2.05) is 6.92 Å². The molecule has 0 aromatic heterocycles. The van der Waals surface area contributed by atoms with Gasteiger partial charge in [-0.2, -0.15) is 0 Å². The smallest absolute Gasteiger partial charge is 0.311 e. The van der Waals surface area contributed by atoms with Crippen LogP contribution >= 0.6 is 11.6 Å². The van der Waals surface area contributed by atoms with E-state index in [0.717, 1.165) is 18.4 Å². The number of rotatable bonds is 4. The van der Waals surface area contributed by atoms with Crippen molar-refractivity contribution in [3.05, 3.63) is 34.9 Å². The molecule has 1 aliphatic heterocycles. The van der Waals surface area contributed by atoms with Gasteiger partial charge in [-0.25, -0.2) is 0 Å². The third kappa shape index (κ3) is 3.24. The van der Waals surface area contributed by atoms with Gasteiger partial charge < -0.3 is 9.84 Å². The molecule has 3 unspecified atom stereocenters. The van der Waals surface area contributed by atoms with Crippen molar-refractivity contribution in [3.8, 4) is 0 Å². The summed E-state index contributed by atoms with van der Waals surface area (Å²) in [5, 5.41) is 9.95. The van der Waals surface area contributed by atoms with E-state index in [4.69, 9.17) is 16.3 Å². The van der Waals surface area contributed by atoms with Crippen LogP contribution in [-0.4, -0.2) is 23.3 Å². The zero-order chi connectivity index (χ0) is 13.1. The Morgan fingerprint density at radius 3 is 2.61 bits per heavy atom. The number of carbonyl (C=O) groups is 1. The summed E-state index contributed by atoms with van der Waals surface area (Å²) in [5.74, 6) is -1.32. The summed E-state index contributed by atoms with van der Waals surface area (Å²) in [6, 6.07) is 7.01. The molecule has 0 saturated carbocycles.